The lowest BCUT2D eigenvalue weighted by Gasteiger charge is -2.59. The molecule has 4 atom stereocenters. The highest BCUT2D eigenvalue weighted by atomic mass is 16.5. The molecular weight excluding hydrogens is 528 g/mol. The van der Waals surface area contributed by atoms with Crippen molar-refractivity contribution >= 4 is 23.3 Å². The Morgan fingerprint density at radius 1 is 1.10 bits per heavy atom. The van der Waals surface area contributed by atoms with Crippen molar-refractivity contribution in [2.24, 2.45) is 22.7 Å². The minimum Gasteiger partial charge on any atom is -0.511 e. The highest BCUT2D eigenvalue weighted by Gasteiger charge is 2.71. The molecular formula is C32H40O9. The maximum atomic E-state index is 14.3. The number of hydrogen-bond donors (Lipinski definition) is 4. The van der Waals surface area contributed by atoms with E-state index in [9.17, 15) is 39.6 Å². The van der Waals surface area contributed by atoms with E-state index in [1.54, 1.807) is 40.7 Å². The van der Waals surface area contributed by atoms with Crippen molar-refractivity contribution in [3.05, 3.63) is 51.0 Å². The molecule has 0 radical (unpaired) electrons. The molecule has 4 N–H and O–H groups in total. The molecule has 0 aliphatic heterocycles. The molecule has 3 aliphatic rings. The first kappa shape index (κ1) is 30.5. The SMILES string of the molecule is CCOC(=O)Cc1cc(C(C)C)c2c(c1O)C(=O)C1=C(O)[C@@]3(O)C(=O)C(C(C)=O)=C(O)C(C(C)C)[C@@]3(C)C[C@@]1(C)C2. The molecule has 0 bridgehead atoms. The van der Waals surface area contributed by atoms with Crippen molar-refractivity contribution in [2.45, 2.75) is 86.2 Å². The zero-order valence-corrected chi connectivity index (χ0v) is 25.0. The van der Waals surface area contributed by atoms with Gasteiger partial charge in [0.2, 0.25) is 5.78 Å². The van der Waals surface area contributed by atoms with Crippen molar-refractivity contribution in [2.75, 3.05) is 6.61 Å². The highest BCUT2D eigenvalue weighted by Crippen LogP contribution is 2.65. The van der Waals surface area contributed by atoms with Crippen LogP contribution in [0.5, 0.6) is 5.75 Å². The van der Waals surface area contributed by atoms with E-state index in [-0.39, 0.29) is 54.4 Å². The zero-order chi connectivity index (χ0) is 31.0. The fraction of sp³-hybridized carbons (Fsp3) is 0.562. The smallest absolute Gasteiger partial charge is 0.310 e. The van der Waals surface area contributed by atoms with Crippen molar-refractivity contribution in [3.63, 3.8) is 0 Å². The molecule has 0 saturated carbocycles. The molecule has 0 amide bonds. The number of ketones is 3. The molecule has 3 aliphatic carbocycles. The normalized spacial score (nSPS) is 29.5. The number of carbonyl (C=O) groups excluding carboxylic acids is 4. The largest absolute Gasteiger partial charge is 0.511 e. The van der Waals surface area contributed by atoms with Gasteiger partial charge in [-0.3, -0.25) is 19.2 Å². The Hall–Kier alpha value is -3.46. The molecule has 1 aromatic rings. The number of aromatic hydroxyl groups is 1. The minimum atomic E-state index is -2.67. The number of aliphatic hydroxyl groups is 3. The third kappa shape index (κ3) is 4.07. The molecule has 9 heteroatoms. The first-order chi connectivity index (χ1) is 18.9. The summed E-state index contributed by atoms with van der Waals surface area (Å²) < 4.78 is 5.05. The highest BCUT2D eigenvalue weighted by molar-refractivity contribution is 6.25. The van der Waals surface area contributed by atoms with Crippen LogP contribution >= 0.6 is 0 Å². The fourth-order valence-corrected chi connectivity index (χ4v) is 7.90. The summed E-state index contributed by atoms with van der Waals surface area (Å²) in [5, 5.41) is 46.5. The lowest BCUT2D eigenvalue weighted by atomic mass is 9.44. The predicted octanol–water partition coefficient (Wildman–Crippen LogP) is 4.58. The van der Waals surface area contributed by atoms with Crippen LogP contribution in [0.15, 0.2) is 28.7 Å². The molecule has 0 saturated heterocycles. The third-order valence-electron chi connectivity index (χ3n) is 9.38. The molecule has 1 aromatic carbocycles. The second kappa shape index (κ2) is 9.82. The van der Waals surface area contributed by atoms with E-state index in [1.807, 2.05) is 13.8 Å². The van der Waals surface area contributed by atoms with Crippen LogP contribution in [0.4, 0.5) is 0 Å². The number of benzene rings is 1. The lowest BCUT2D eigenvalue weighted by Crippen LogP contribution is -2.67. The van der Waals surface area contributed by atoms with E-state index in [4.69, 9.17) is 4.74 Å². The van der Waals surface area contributed by atoms with Crippen LogP contribution in [0.2, 0.25) is 0 Å². The Morgan fingerprint density at radius 2 is 1.71 bits per heavy atom. The number of rotatable bonds is 6. The molecule has 4 rings (SSSR count). The van der Waals surface area contributed by atoms with E-state index in [0.717, 1.165) is 12.5 Å². The van der Waals surface area contributed by atoms with Gasteiger partial charge < -0.3 is 25.2 Å². The van der Waals surface area contributed by atoms with Gasteiger partial charge in [-0.25, -0.2) is 0 Å². The minimum absolute atomic E-state index is 0.0216. The summed E-state index contributed by atoms with van der Waals surface area (Å²) in [6, 6.07) is 1.70. The number of allylic oxidation sites excluding steroid dienone is 2. The number of Topliss-reactive ketones (excluding diaryl/α,β-unsaturated/α-hetero) is 3. The summed E-state index contributed by atoms with van der Waals surface area (Å²) in [4.78, 5) is 52.9. The van der Waals surface area contributed by atoms with Crippen LogP contribution in [0.25, 0.3) is 0 Å². The van der Waals surface area contributed by atoms with E-state index < -0.39 is 68.5 Å². The molecule has 0 heterocycles. The maximum absolute atomic E-state index is 14.3. The maximum Gasteiger partial charge on any atom is 0.310 e. The molecule has 41 heavy (non-hydrogen) atoms. The summed E-state index contributed by atoms with van der Waals surface area (Å²) in [7, 11) is 0. The molecule has 9 nitrogen and oxygen atoms in total. The topological polar surface area (TPSA) is 158 Å². The number of fused-ring (bicyclic) bond motifs is 3. The van der Waals surface area contributed by atoms with Crippen molar-refractivity contribution < 1.29 is 44.3 Å². The van der Waals surface area contributed by atoms with Gasteiger partial charge in [0.15, 0.2) is 17.2 Å². The summed E-state index contributed by atoms with van der Waals surface area (Å²) in [5.74, 6) is -6.29. The zero-order valence-electron chi connectivity index (χ0n) is 25.0. The predicted molar refractivity (Wildman–Crippen MR) is 150 cm³/mol. The number of phenolic OH excluding ortho intramolecular Hbond substituents is 1. The van der Waals surface area contributed by atoms with Crippen LogP contribution in [0, 0.1) is 22.7 Å². The monoisotopic (exact) mass is 568 g/mol. The number of phenols is 1. The molecule has 0 fully saturated rings. The van der Waals surface area contributed by atoms with Crippen LogP contribution < -0.4 is 0 Å². The molecule has 222 valence electrons. The Kier molecular flexibility index (Phi) is 7.31. The van der Waals surface area contributed by atoms with E-state index in [2.05, 4.69) is 0 Å². The Morgan fingerprint density at radius 3 is 2.22 bits per heavy atom. The number of carbonyl (C=O) groups is 4. The van der Waals surface area contributed by atoms with Crippen LogP contribution in [0.3, 0.4) is 0 Å². The van der Waals surface area contributed by atoms with Gasteiger partial charge in [0.1, 0.15) is 22.8 Å². The first-order valence-electron chi connectivity index (χ1n) is 14.1. The average Bonchev–Trinajstić information content (AvgIpc) is 2.82. The summed E-state index contributed by atoms with van der Waals surface area (Å²) in [6.07, 6.45) is -0.0679. The summed E-state index contributed by atoms with van der Waals surface area (Å²) in [6.45, 7) is 13.7. The average molecular weight is 569 g/mol. The van der Waals surface area contributed by atoms with Gasteiger partial charge >= 0.3 is 5.97 Å². The quantitative estimate of drug-likeness (QED) is 0.285. The molecule has 0 spiro atoms. The van der Waals surface area contributed by atoms with Gasteiger partial charge in [0, 0.05) is 27.9 Å². The Bertz CT molecular complexity index is 1450. The van der Waals surface area contributed by atoms with E-state index >= 15 is 0 Å². The molecule has 0 aromatic heterocycles. The van der Waals surface area contributed by atoms with Crippen LogP contribution in [-0.2, 0) is 32.0 Å². The van der Waals surface area contributed by atoms with Gasteiger partial charge in [-0.05, 0) is 49.7 Å². The second-order valence-corrected chi connectivity index (χ2v) is 12.9. The van der Waals surface area contributed by atoms with Gasteiger partial charge in [0.25, 0.3) is 0 Å². The Balaban J connectivity index is 2.04. The summed E-state index contributed by atoms with van der Waals surface area (Å²) >= 11 is 0. The number of ether oxygens (including phenoxy) is 1. The second-order valence-electron chi connectivity index (χ2n) is 12.9. The van der Waals surface area contributed by atoms with Gasteiger partial charge in [-0.2, -0.15) is 0 Å². The van der Waals surface area contributed by atoms with E-state index in [1.165, 1.54) is 0 Å². The standard InChI is InChI=1S/C32H40O9/c1-9-41-20(34)11-17-10-18(14(2)3)19-12-30(7)13-31(8)23(15(4)5)26(36)21(16(6)33)28(38)32(31,40)29(39)24(30)27(37)22(19)25(17)35/h10,14-15,23,35-36,39-40H,9,11-13H2,1-8H3/t23?,30-,31-,32+/m1/s1. The Labute approximate surface area is 239 Å². The van der Waals surface area contributed by atoms with E-state index in [0.29, 0.717) is 5.56 Å². The van der Waals surface area contributed by atoms with Crippen molar-refractivity contribution in [1.82, 2.24) is 0 Å². The van der Waals surface area contributed by atoms with Crippen LogP contribution in [0.1, 0.15) is 94.8 Å². The van der Waals surface area contributed by atoms with Gasteiger partial charge in [0.05, 0.1) is 18.6 Å². The number of esters is 1. The van der Waals surface area contributed by atoms with Gasteiger partial charge in [-0.1, -0.05) is 47.6 Å². The van der Waals surface area contributed by atoms with Gasteiger partial charge in [-0.15, -0.1) is 0 Å². The lowest BCUT2D eigenvalue weighted by molar-refractivity contribution is -0.171. The first-order valence-corrected chi connectivity index (χ1v) is 14.1. The fourth-order valence-electron chi connectivity index (χ4n) is 7.90. The summed E-state index contributed by atoms with van der Waals surface area (Å²) in [5.41, 5.74) is -4.64. The van der Waals surface area contributed by atoms with Crippen molar-refractivity contribution in [1.29, 1.82) is 0 Å². The van der Waals surface area contributed by atoms with Crippen LogP contribution in [-0.4, -0.2) is 56.0 Å². The number of hydrogen-bond acceptors (Lipinski definition) is 9. The third-order valence-corrected chi connectivity index (χ3v) is 9.38. The number of aliphatic hydroxyl groups excluding tert-OH is 2. The molecule has 1 unspecified atom stereocenters. The van der Waals surface area contributed by atoms with Crippen molar-refractivity contribution in [3.8, 4) is 5.75 Å².